The lowest BCUT2D eigenvalue weighted by Gasteiger charge is -2.00. The first-order chi connectivity index (χ1) is 11.4. The number of aliphatic hydroxyl groups excluding tert-OH is 1. The fourth-order valence-corrected chi connectivity index (χ4v) is 1.66. The minimum atomic E-state index is 0.608. The van der Waals surface area contributed by atoms with Gasteiger partial charge in [0.2, 0.25) is 0 Å². The number of hydrogen-bond acceptors (Lipinski definition) is 3. The molecule has 0 aliphatic carbocycles. The smallest absolute Gasteiger partial charge is 0.111 e. The second-order valence-corrected chi connectivity index (χ2v) is 4.51. The molecule has 1 N–H and O–H groups in total. The summed E-state index contributed by atoms with van der Waals surface area (Å²) in [5.74, 6) is 0. The van der Waals surface area contributed by atoms with E-state index in [1.165, 1.54) is 0 Å². The van der Waals surface area contributed by atoms with Gasteiger partial charge in [-0.1, -0.05) is 60.7 Å². The SMILES string of the molecule is CCOCCOC=Cc1ccccc1.OC=Cc1ccccc1. The largest absolute Gasteiger partial charge is 0.516 e. The first kappa shape index (κ1) is 18.5. The van der Waals surface area contributed by atoms with Crippen LogP contribution in [-0.4, -0.2) is 24.9 Å². The van der Waals surface area contributed by atoms with Crippen molar-refractivity contribution in [2.45, 2.75) is 6.92 Å². The topological polar surface area (TPSA) is 38.7 Å². The van der Waals surface area contributed by atoms with Gasteiger partial charge in [-0.15, -0.1) is 0 Å². The molecule has 2 rings (SSSR count). The minimum absolute atomic E-state index is 0.608. The van der Waals surface area contributed by atoms with Crippen molar-refractivity contribution >= 4 is 12.2 Å². The van der Waals surface area contributed by atoms with Crippen LogP contribution < -0.4 is 0 Å². The Morgan fingerprint density at radius 2 is 1.39 bits per heavy atom. The molecule has 0 heterocycles. The molecule has 0 fully saturated rings. The van der Waals surface area contributed by atoms with Gasteiger partial charge in [-0.3, -0.25) is 0 Å². The summed E-state index contributed by atoms with van der Waals surface area (Å²) in [5, 5.41) is 8.34. The molecular formula is C20H24O3. The zero-order valence-electron chi connectivity index (χ0n) is 13.5. The third kappa shape index (κ3) is 9.93. The summed E-state index contributed by atoms with van der Waals surface area (Å²) in [4.78, 5) is 0. The monoisotopic (exact) mass is 312 g/mol. The van der Waals surface area contributed by atoms with E-state index < -0.39 is 0 Å². The molecule has 0 unspecified atom stereocenters. The van der Waals surface area contributed by atoms with Crippen LogP contribution in [0.5, 0.6) is 0 Å². The van der Waals surface area contributed by atoms with Gasteiger partial charge in [-0.25, -0.2) is 0 Å². The van der Waals surface area contributed by atoms with Crippen LogP contribution in [0.3, 0.4) is 0 Å². The molecule has 122 valence electrons. The van der Waals surface area contributed by atoms with Crippen LogP contribution in [0.25, 0.3) is 12.2 Å². The maximum Gasteiger partial charge on any atom is 0.111 e. The fourth-order valence-electron chi connectivity index (χ4n) is 1.66. The Balaban J connectivity index is 0.000000253. The number of aliphatic hydroxyl groups is 1. The van der Waals surface area contributed by atoms with E-state index in [9.17, 15) is 0 Å². The van der Waals surface area contributed by atoms with Crippen LogP contribution >= 0.6 is 0 Å². The highest BCUT2D eigenvalue weighted by atomic mass is 16.5. The van der Waals surface area contributed by atoms with E-state index in [4.69, 9.17) is 14.6 Å². The van der Waals surface area contributed by atoms with Gasteiger partial charge in [0.25, 0.3) is 0 Å². The van der Waals surface area contributed by atoms with Crippen molar-refractivity contribution < 1.29 is 14.6 Å². The van der Waals surface area contributed by atoms with E-state index in [1.807, 2.05) is 73.7 Å². The van der Waals surface area contributed by atoms with Gasteiger partial charge in [0.15, 0.2) is 0 Å². The molecule has 23 heavy (non-hydrogen) atoms. The van der Waals surface area contributed by atoms with E-state index in [0.717, 1.165) is 24.0 Å². The Hall–Kier alpha value is -2.52. The predicted molar refractivity (Wildman–Crippen MR) is 96.0 cm³/mol. The third-order valence-corrected chi connectivity index (χ3v) is 2.77. The van der Waals surface area contributed by atoms with Crippen LogP contribution in [-0.2, 0) is 9.47 Å². The first-order valence-electron chi connectivity index (χ1n) is 7.63. The lowest BCUT2D eigenvalue weighted by Crippen LogP contribution is -1.99. The maximum absolute atomic E-state index is 8.34. The fraction of sp³-hybridized carbons (Fsp3) is 0.200. The summed E-state index contributed by atoms with van der Waals surface area (Å²) in [5.41, 5.74) is 2.16. The van der Waals surface area contributed by atoms with E-state index in [-0.39, 0.29) is 0 Å². The Morgan fingerprint density at radius 1 is 0.826 bits per heavy atom. The summed E-state index contributed by atoms with van der Waals surface area (Å²) in [6.07, 6.45) is 6.32. The van der Waals surface area contributed by atoms with Gasteiger partial charge in [0.05, 0.1) is 19.1 Å². The summed E-state index contributed by atoms with van der Waals surface area (Å²) in [6, 6.07) is 19.7. The van der Waals surface area contributed by atoms with E-state index in [0.29, 0.717) is 13.2 Å². The third-order valence-electron chi connectivity index (χ3n) is 2.77. The van der Waals surface area contributed by atoms with Gasteiger partial charge in [0.1, 0.15) is 6.61 Å². The molecule has 0 aliphatic rings. The second kappa shape index (κ2) is 13.2. The standard InChI is InChI=1S/C12H16O2.C8H8O/c1-2-13-10-11-14-9-8-12-6-4-3-5-7-12;9-7-6-8-4-2-1-3-5-8/h3-9H,2,10-11H2,1H3;1-7,9H. The Morgan fingerprint density at radius 3 is 1.91 bits per heavy atom. The van der Waals surface area contributed by atoms with Crippen LogP contribution in [0.1, 0.15) is 18.1 Å². The van der Waals surface area contributed by atoms with E-state index >= 15 is 0 Å². The molecule has 0 saturated carbocycles. The van der Waals surface area contributed by atoms with Crippen LogP contribution in [0.4, 0.5) is 0 Å². The van der Waals surface area contributed by atoms with Crippen molar-refractivity contribution in [3.63, 3.8) is 0 Å². The molecule has 0 amide bonds. The van der Waals surface area contributed by atoms with Crippen molar-refractivity contribution in [2.24, 2.45) is 0 Å². The van der Waals surface area contributed by atoms with Crippen molar-refractivity contribution in [3.05, 3.63) is 84.3 Å². The number of rotatable bonds is 7. The summed E-state index contributed by atoms with van der Waals surface area (Å²) >= 11 is 0. The van der Waals surface area contributed by atoms with Crippen molar-refractivity contribution in [1.82, 2.24) is 0 Å². The van der Waals surface area contributed by atoms with Crippen LogP contribution in [0, 0.1) is 0 Å². The summed E-state index contributed by atoms with van der Waals surface area (Å²) in [7, 11) is 0. The van der Waals surface area contributed by atoms with Gasteiger partial charge in [0, 0.05) is 6.61 Å². The molecule has 0 bridgehead atoms. The summed E-state index contributed by atoms with van der Waals surface area (Å²) < 4.78 is 10.4. The number of benzene rings is 2. The number of hydrogen-bond donors (Lipinski definition) is 1. The molecule has 0 atom stereocenters. The maximum atomic E-state index is 8.34. The van der Waals surface area contributed by atoms with Gasteiger partial charge >= 0.3 is 0 Å². The molecule has 0 aromatic heterocycles. The highest BCUT2D eigenvalue weighted by molar-refractivity contribution is 5.47. The lowest BCUT2D eigenvalue weighted by molar-refractivity contribution is 0.0938. The molecule has 3 heteroatoms. The first-order valence-corrected chi connectivity index (χ1v) is 7.63. The predicted octanol–water partition coefficient (Wildman–Crippen LogP) is 4.93. The molecule has 0 aliphatic heterocycles. The van der Waals surface area contributed by atoms with Crippen molar-refractivity contribution in [3.8, 4) is 0 Å². The van der Waals surface area contributed by atoms with Gasteiger partial charge in [-0.05, 0) is 30.2 Å². The van der Waals surface area contributed by atoms with Crippen LogP contribution in [0.2, 0.25) is 0 Å². The van der Waals surface area contributed by atoms with Crippen molar-refractivity contribution in [1.29, 1.82) is 0 Å². The average molecular weight is 312 g/mol. The second-order valence-electron chi connectivity index (χ2n) is 4.51. The normalized spacial score (nSPS) is 10.5. The molecule has 2 aromatic carbocycles. The Labute approximate surface area is 138 Å². The zero-order chi connectivity index (χ0) is 16.6. The molecule has 3 nitrogen and oxygen atoms in total. The molecule has 2 aromatic rings. The van der Waals surface area contributed by atoms with Gasteiger partial charge < -0.3 is 14.6 Å². The highest BCUT2D eigenvalue weighted by Crippen LogP contribution is 2.00. The molecule has 0 spiro atoms. The number of ether oxygens (including phenoxy) is 2. The van der Waals surface area contributed by atoms with E-state index in [2.05, 4.69) is 0 Å². The van der Waals surface area contributed by atoms with Crippen LogP contribution in [0.15, 0.2) is 73.2 Å². The molecule has 0 radical (unpaired) electrons. The Kier molecular flexibility index (Phi) is 10.6. The summed E-state index contributed by atoms with van der Waals surface area (Å²) in [6.45, 7) is 3.97. The van der Waals surface area contributed by atoms with E-state index in [1.54, 1.807) is 12.3 Å². The highest BCUT2D eigenvalue weighted by Gasteiger charge is 1.84. The molecular weight excluding hydrogens is 288 g/mol. The zero-order valence-corrected chi connectivity index (χ0v) is 13.5. The Bertz CT molecular complexity index is 548. The average Bonchev–Trinajstić information content (AvgIpc) is 2.61. The minimum Gasteiger partial charge on any atom is -0.516 e. The lowest BCUT2D eigenvalue weighted by atomic mass is 10.2. The van der Waals surface area contributed by atoms with Crippen molar-refractivity contribution in [2.75, 3.05) is 19.8 Å². The quantitative estimate of drug-likeness (QED) is 0.582. The molecule has 0 saturated heterocycles. The van der Waals surface area contributed by atoms with Gasteiger partial charge in [-0.2, -0.15) is 0 Å².